The third-order valence-corrected chi connectivity index (χ3v) is 5.26. The average molecular weight is 427 g/mol. The zero-order chi connectivity index (χ0) is 19.6. The number of rotatable bonds is 5. The Kier molecular flexibility index (Phi) is 6.10. The van der Waals surface area contributed by atoms with Crippen LogP contribution in [0, 0.1) is 12.7 Å². The first-order valence-corrected chi connectivity index (χ1v) is 9.20. The average Bonchev–Trinajstić information content (AvgIpc) is 2.62. The van der Waals surface area contributed by atoms with Crippen LogP contribution >= 0.6 is 34.8 Å². The van der Waals surface area contributed by atoms with E-state index in [1.54, 1.807) is 48.0 Å². The standard InChI is InChI=1S/C20H15Cl3FNO2/c1-12-20(27-11-14-16(22)4-2-5-17(14)23)19(26)8-9-25(12)10-13-15(21)6-3-7-18(13)24/h2-9H,10-11H2,1H3. The third kappa shape index (κ3) is 4.29. The number of ether oxygens (including phenoxy) is 1. The Hall–Kier alpha value is -2.01. The summed E-state index contributed by atoms with van der Waals surface area (Å²) in [6.45, 7) is 1.93. The molecule has 0 aliphatic heterocycles. The van der Waals surface area contributed by atoms with Gasteiger partial charge in [-0.05, 0) is 31.2 Å². The van der Waals surface area contributed by atoms with Gasteiger partial charge >= 0.3 is 0 Å². The lowest BCUT2D eigenvalue weighted by Crippen LogP contribution is -2.16. The first kappa shape index (κ1) is 19.7. The maximum atomic E-state index is 14.1. The van der Waals surface area contributed by atoms with Gasteiger partial charge in [0.25, 0.3) is 0 Å². The van der Waals surface area contributed by atoms with Crippen LogP contribution in [0.15, 0.2) is 53.5 Å². The highest BCUT2D eigenvalue weighted by atomic mass is 35.5. The molecule has 1 aromatic heterocycles. The second-order valence-corrected chi connectivity index (χ2v) is 7.13. The Morgan fingerprint density at radius 2 is 1.56 bits per heavy atom. The summed E-state index contributed by atoms with van der Waals surface area (Å²) in [7, 11) is 0. The van der Waals surface area contributed by atoms with Crippen LogP contribution in [0.1, 0.15) is 16.8 Å². The van der Waals surface area contributed by atoms with Crippen LogP contribution in [0.2, 0.25) is 15.1 Å². The lowest BCUT2D eigenvalue weighted by atomic mass is 10.2. The maximum Gasteiger partial charge on any atom is 0.223 e. The van der Waals surface area contributed by atoms with Crippen LogP contribution in [-0.2, 0) is 13.2 Å². The Labute approximate surface area is 170 Å². The molecule has 0 bridgehead atoms. The van der Waals surface area contributed by atoms with Crippen molar-refractivity contribution in [3.05, 3.63) is 96.6 Å². The van der Waals surface area contributed by atoms with Gasteiger partial charge in [-0.3, -0.25) is 4.79 Å². The Morgan fingerprint density at radius 3 is 2.19 bits per heavy atom. The zero-order valence-electron chi connectivity index (χ0n) is 14.3. The van der Waals surface area contributed by atoms with Gasteiger partial charge in [0.15, 0.2) is 5.75 Å². The van der Waals surface area contributed by atoms with Gasteiger partial charge in [0.1, 0.15) is 12.4 Å². The largest absolute Gasteiger partial charge is 0.483 e. The van der Waals surface area contributed by atoms with Crippen molar-refractivity contribution < 1.29 is 9.13 Å². The summed E-state index contributed by atoms with van der Waals surface area (Å²) < 4.78 is 21.5. The Balaban J connectivity index is 1.91. The minimum Gasteiger partial charge on any atom is -0.483 e. The Bertz CT molecular complexity index is 1010. The molecule has 0 N–H and O–H groups in total. The molecule has 0 fully saturated rings. The molecule has 0 spiro atoms. The van der Waals surface area contributed by atoms with Crippen LogP contribution in [0.4, 0.5) is 4.39 Å². The number of nitrogens with zero attached hydrogens (tertiary/aromatic N) is 1. The van der Waals surface area contributed by atoms with Crippen molar-refractivity contribution in [1.82, 2.24) is 4.57 Å². The van der Waals surface area contributed by atoms with E-state index in [0.717, 1.165) is 0 Å². The molecule has 0 saturated heterocycles. The van der Waals surface area contributed by atoms with Crippen molar-refractivity contribution in [2.24, 2.45) is 0 Å². The lowest BCUT2D eigenvalue weighted by molar-refractivity contribution is 0.297. The predicted octanol–water partition coefficient (Wildman–Crippen LogP) is 5.88. The topological polar surface area (TPSA) is 31.2 Å². The molecule has 0 aliphatic rings. The van der Waals surface area contributed by atoms with Crippen molar-refractivity contribution >= 4 is 34.8 Å². The SMILES string of the molecule is Cc1c(OCc2c(Cl)cccc2Cl)c(=O)ccn1Cc1c(F)cccc1Cl. The summed E-state index contributed by atoms with van der Waals surface area (Å²) in [5.41, 5.74) is 1.19. The highest BCUT2D eigenvalue weighted by Crippen LogP contribution is 2.26. The monoisotopic (exact) mass is 425 g/mol. The quantitative estimate of drug-likeness (QED) is 0.510. The summed E-state index contributed by atoms with van der Waals surface area (Å²) in [6, 6.07) is 11.0. The van der Waals surface area contributed by atoms with Gasteiger partial charge in [-0.15, -0.1) is 0 Å². The Morgan fingerprint density at radius 1 is 0.963 bits per heavy atom. The number of pyridine rings is 1. The molecule has 7 heteroatoms. The van der Waals surface area contributed by atoms with Crippen LogP contribution in [-0.4, -0.2) is 4.57 Å². The van der Waals surface area contributed by atoms with E-state index in [1.807, 2.05) is 0 Å². The second kappa shape index (κ2) is 8.34. The van der Waals surface area contributed by atoms with Gasteiger partial charge in [0.2, 0.25) is 5.43 Å². The van der Waals surface area contributed by atoms with E-state index in [4.69, 9.17) is 39.5 Å². The molecule has 3 aromatic rings. The summed E-state index contributed by atoms with van der Waals surface area (Å²) in [5, 5.41) is 1.22. The number of benzene rings is 2. The molecule has 0 amide bonds. The smallest absolute Gasteiger partial charge is 0.223 e. The maximum absolute atomic E-state index is 14.1. The minimum atomic E-state index is -0.411. The normalized spacial score (nSPS) is 10.9. The van der Waals surface area contributed by atoms with Crippen molar-refractivity contribution in [3.63, 3.8) is 0 Å². The van der Waals surface area contributed by atoms with Crippen LogP contribution < -0.4 is 10.2 Å². The van der Waals surface area contributed by atoms with Crippen LogP contribution in [0.5, 0.6) is 5.75 Å². The zero-order valence-corrected chi connectivity index (χ0v) is 16.6. The minimum absolute atomic E-state index is 0.0407. The molecule has 0 unspecified atom stereocenters. The number of hydrogen-bond acceptors (Lipinski definition) is 2. The molecule has 0 radical (unpaired) electrons. The summed E-state index contributed by atoms with van der Waals surface area (Å²) >= 11 is 18.4. The summed E-state index contributed by atoms with van der Waals surface area (Å²) in [6.07, 6.45) is 1.58. The van der Waals surface area contributed by atoms with Gasteiger partial charge in [-0.25, -0.2) is 4.39 Å². The predicted molar refractivity (Wildman–Crippen MR) is 107 cm³/mol. The van der Waals surface area contributed by atoms with Gasteiger partial charge in [-0.1, -0.05) is 46.9 Å². The second-order valence-electron chi connectivity index (χ2n) is 5.91. The van der Waals surface area contributed by atoms with E-state index in [1.165, 1.54) is 12.1 Å². The third-order valence-electron chi connectivity index (χ3n) is 4.20. The van der Waals surface area contributed by atoms with Crippen molar-refractivity contribution in [2.45, 2.75) is 20.1 Å². The fourth-order valence-electron chi connectivity index (χ4n) is 2.67. The fraction of sp³-hybridized carbons (Fsp3) is 0.150. The number of hydrogen-bond donors (Lipinski definition) is 0. The van der Waals surface area contributed by atoms with E-state index in [9.17, 15) is 9.18 Å². The van der Waals surface area contributed by atoms with E-state index in [0.29, 0.717) is 31.9 Å². The van der Waals surface area contributed by atoms with Gasteiger partial charge in [-0.2, -0.15) is 0 Å². The van der Waals surface area contributed by atoms with E-state index in [2.05, 4.69) is 0 Å². The first-order chi connectivity index (χ1) is 12.9. The highest BCUT2D eigenvalue weighted by Gasteiger charge is 2.14. The van der Waals surface area contributed by atoms with Crippen molar-refractivity contribution in [2.75, 3.05) is 0 Å². The van der Waals surface area contributed by atoms with Crippen LogP contribution in [0.25, 0.3) is 0 Å². The van der Waals surface area contributed by atoms with E-state index in [-0.39, 0.29) is 24.3 Å². The summed E-state index contributed by atoms with van der Waals surface area (Å²) in [4.78, 5) is 12.3. The number of halogens is 4. The molecule has 3 rings (SSSR count). The van der Waals surface area contributed by atoms with Crippen molar-refractivity contribution in [1.29, 1.82) is 0 Å². The molecule has 0 atom stereocenters. The molecular weight excluding hydrogens is 412 g/mol. The molecular formula is C20H15Cl3FNO2. The van der Waals surface area contributed by atoms with Gasteiger partial charge in [0, 0.05) is 38.5 Å². The molecule has 27 heavy (non-hydrogen) atoms. The molecule has 2 aromatic carbocycles. The van der Waals surface area contributed by atoms with Crippen molar-refractivity contribution in [3.8, 4) is 5.75 Å². The first-order valence-electron chi connectivity index (χ1n) is 8.07. The molecule has 3 nitrogen and oxygen atoms in total. The molecule has 0 saturated carbocycles. The molecule has 140 valence electrons. The van der Waals surface area contributed by atoms with Crippen LogP contribution in [0.3, 0.4) is 0 Å². The van der Waals surface area contributed by atoms with E-state index < -0.39 is 5.82 Å². The summed E-state index contributed by atoms with van der Waals surface area (Å²) in [5.74, 6) is -0.258. The van der Waals surface area contributed by atoms with Gasteiger partial charge < -0.3 is 9.30 Å². The number of aromatic nitrogens is 1. The highest BCUT2D eigenvalue weighted by molar-refractivity contribution is 6.36. The lowest BCUT2D eigenvalue weighted by Gasteiger charge is -2.16. The van der Waals surface area contributed by atoms with Gasteiger partial charge in [0.05, 0.1) is 12.2 Å². The van der Waals surface area contributed by atoms with E-state index >= 15 is 0 Å². The molecule has 1 heterocycles. The fourth-order valence-corrected chi connectivity index (χ4v) is 3.40. The molecule has 0 aliphatic carbocycles.